The minimum atomic E-state index is 0.512. The summed E-state index contributed by atoms with van der Waals surface area (Å²) in [6, 6.07) is 0. The van der Waals surface area contributed by atoms with Gasteiger partial charge in [-0.3, -0.25) is 0 Å². The highest BCUT2D eigenvalue weighted by Crippen LogP contribution is 2.60. The molecule has 0 heterocycles. The second kappa shape index (κ2) is 3.15. The van der Waals surface area contributed by atoms with Crippen LogP contribution in [0.4, 0.5) is 0 Å². The van der Waals surface area contributed by atoms with Crippen LogP contribution < -0.4 is 0 Å². The van der Waals surface area contributed by atoms with Crippen LogP contribution in [0.25, 0.3) is 0 Å². The molecule has 1 aliphatic rings. The monoisotopic (exact) mass is 180 g/mol. The Morgan fingerprint density at radius 3 is 2.00 bits per heavy atom. The van der Waals surface area contributed by atoms with Crippen LogP contribution in [-0.4, -0.2) is 0 Å². The van der Waals surface area contributed by atoms with E-state index in [9.17, 15) is 0 Å². The van der Waals surface area contributed by atoms with E-state index >= 15 is 0 Å². The van der Waals surface area contributed by atoms with Gasteiger partial charge in [0.05, 0.1) is 0 Å². The average Bonchev–Trinajstić information content (AvgIpc) is 1.96. The molecule has 13 heavy (non-hydrogen) atoms. The Balaban J connectivity index is 2.84. The van der Waals surface area contributed by atoms with Crippen LogP contribution in [0.3, 0.4) is 0 Å². The zero-order valence-electron chi connectivity index (χ0n) is 10.0. The quantitative estimate of drug-likeness (QED) is 0.561. The van der Waals surface area contributed by atoms with E-state index in [0.717, 1.165) is 23.7 Å². The normalized spacial score (nSPS) is 37.3. The lowest BCUT2D eigenvalue weighted by molar-refractivity contribution is -0.0926. The molecule has 1 aliphatic carbocycles. The lowest BCUT2D eigenvalue weighted by atomic mass is 9.45. The number of rotatable bonds is 2. The first kappa shape index (κ1) is 10.8. The summed E-state index contributed by atoms with van der Waals surface area (Å²) < 4.78 is 0. The minimum Gasteiger partial charge on any atom is -0.0998 e. The Morgan fingerprint density at radius 2 is 1.77 bits per heavy atom. The van der Waals surface area contributed by atoms with Crippen molar-refractivity contribution in [3.63, 3.8) is 0 Å². The maximum atomic E-state index is 4.13. The fraction of sp³-hybridized carbons (Fsp3) is 0.846. The van der Waals surface area contributed by atoms with Crippen molar-refractivity contribution in [3.05, 3.63) is 12.2 Å². The number of allylic oxidation sites excluding steroid dienone is 1. The molecule has 0 N–H and O–H groups in total. The Kier molecular flexibility index (Phi) is 2.62. The smallest absolute Gasteiger partial charge is 0.0142 e. The molecular formula is C13H24. The number of hydrogen-bond donors (Lipinski definition) is 0. The van der Waals surface area contributed by atoms with Crippen LogP contribution in [0.2, 0.25) is 0 Å². The summed E-state index contributed by atoms with van der Waals surface area (Å²) in [6.07, 6.45) is 0. The van der Waals surface area contributed by atoms with E-state index in [2.05, 4.69) is 48.1 Å². The predicted octanol–water partition coefficient (Wildman–Crippen LogP) is 4.13. The largest absolute Gasteiger partial charge is 0.0998 e. The van der Waals surface area contributed by atoms with Crippen molar-refractivity contribution in [1.29, 1.82) is 0 Å². The van der Waals surface area contributed by atoms with Gasteiger partial charge in [0.15, 0.2) is 0 Å². The summed E-state index contributed by atoms with van der Waals surface area (Å²) in [7, 11) is 0. The molecule has 3 atom stereocenters. The second-order valence-corrected chi connectivity index (χ2v) is 5.75. The first-order valence-corrected chi connectivity index (χ1v) is 5.45. The highest BCUT2D eigenvalue weighted by Gasteiger charge is 2.54. The fourth-order valence-corrected chi connectivity index (χ4v) is 3.43. The van der Waals surface area contributed by atoms with Gasteiger partial charge in [-0.2, -0.15) is 0 Å². The van der Waals surface area contributed by atoms with Gasteiger partial charge in [0.25, 0.3) is 0 Å². The highest BCUT2D eigenvalue weighted by molar-refractivity contribution is 5.14. The summed E-state index contributed by atoms with van der Waals surface area (Å²) in [5.41, 5.74) is 1.89. The topological polar surface area (TPSA) is 0 Å². The molecule has 0 nitrogen and oxygen atoms in total. The molecule has 1 fully saturated rings. The van der Waals surface area contributed by atoms with Crippen molar-refractivity contribution >= 4 is 0 Å². The molecule has 0 aromatic carbocycles. The molecule has 1 rings (SSSR count). The summed E-state index contributed by atoms with van der Waals surface area (Å²) in [6.45, 7) is 18.2. The van der Waals surface area contributed by atoms with E-state index in [4.69, 9.17) is 0 Å². The third-order valence-corrected chi connectivity index (χ3v) is 4.25. The Hall–Kier alpha value is -0.260. The van der Waals surface area contributed by atoms with Crippen LogP contribution in [0.1, 0.15) is 41.5 Å². The lowest BCUT2D eigenvalue weighted by Crippen LogP contribution is -2.54. The van der Waals surface area contributed by atoms with Gasteiger partial charge >= 0.3 is 0 Å². The first-order chi connectivity index (χ1) is 5.80. The van der Waals surface area contributed by atoms with E-state index in [1.165, 1.54) is 5.57 Å². The Morgan fingerprint density at radius 1 is 1.31 bits per heavy atom. The molecule has 0 spiro atoms. The summed E-state index contributed by atoms with van der Waals surface area (Å²) in [5.74, 6) is 3.18. The molecular weight excluding hydrogens is 156 g/mol. The van der Waals surface area contributed by atoms with Crippen LogP contribution in [0.15, 0.2) is 12.2 Å². The average molecular weight is 180 g/mol. The summed E-state index contributed by atoms with van der Waals surface area (Å²) >= 11 is 0. The molecule has 0 bridgehead atoms. The second-order valence-electron chi connectivity index (χ2n) is 5.75. The molecule has 0 amide bonds. The van der Waals surface area contributed by atoms with Crippen molar-refractivity contribution in [2.75, 3.05) is 0 Å². The predicted molar refractivity (Wildman–Crippen MR) is 59.6 cm³/mol. The third-order valence-electron chi connectivity index (χ3n) is 4.25. The zero-order chi connectivity index (χ0) is 10.4. The third kappa shape index (κ3) is 1.45. The van der Waals surface area contributed by atoms with Gasteiger partial charge in [0.1, 0.15) is 0 Å². The fourth-order valence-electron chi connectivity index (χ4n) is 3.43. The molecule has 0 aromatic rings. The van der Waals surface area contributed by atoms with Crippen LogP contribution >= 0.6 is 0 Å². The van der Waals surface area contributed by atoms with Gasteiger partial charge in [-0.15, -0.1) is 0 Å². The van der Waals surface area contributed by atoms with Gasteiger partial charge in [0.2, 0.25) is 0 Å². The maximum Gasteiger partial charge on any atom is -0.0142 e. The molecule has 0 aromatic heterocycles. The van der Waals surface area contributed by atoms with Crippen LogP contribution in [0.5, 0.6) is 0 Å². The van der Waals surface area contributed by atoms with E-state index in [1.807, 2.05) is 0 Å². The maximum absolute atomic E-state index is 4.13. The highest BCUT2D eigenvalue weighted by atomic mass is 14.6. The minimum absolute atomic E-state index is 0.512. The Bertz CT molecular complexity index is 210. The van der Waals surface area contributed by atoms with Gasteiger partial charge in [0, 0.05) is 0 Å². The standard InChI is InChI=1S/C13H24/c1-8(2)11-10(5)13(6,7)12(11)9(3)4/h9-12H,1H2,2-7H3. The summed E-state index contributed by atoms with van der Waals surface area (Å²) in [4.78, 5) is 0. The zero-order valence-corrected chi connectivity index (χ0v) is 10.0. The van der Waals surface area contributed by atoms with Crippen molar-refractivity contribution in [3.8, 4) is 0 Å². The summed E-state index contributed by atoms with van der Waals surface area (Å²) in [5, 5.41) is 0. The van der Waals surface area contributed by atoms with E-state index in [1.54, 1.807) is 0 Å². The molecule has 0 aliphatic heterocycles. The number of hydrogen-bond acceptors (Lipinski definition) is 0. The molecule has 0 radical (unpaired) electrons. The van der Waals surface area contributed by atoms with E-state index in [0.29, 0.717) is 5.41 Å². The molecule has 1 saturated carbocycles. The van der Waals surface area contributed by atoms with Gasteiger partial charge in [-0.25, -0.2) is 0 Å². The van der Waals surface area contributed by atoms with Gasteiger partial charge < -0.3 is 0 Å². The van der Waals surface area contributed by atoms with Crippen molar-refractivity contribution < 1.29 is 0 Å². The van der Waals surface area contributed by atoms with Gasteiger partial charge in [-0.05, 0) is 36.0 Å². The van der Waals surface area contributed by atoms with E-state index in [-0.39, 0.29) is 0 Å². The molecule has 76 valence electrons. The molecule has 0 saturated heterocycles. The lowest BCUT2D eigenvalue weighted by Gasteiger charge is -2.60. The van der Waals surface area contributed by atoms with Crippen LogP contribution in [0, 0.1) is 29.1 Å². The molecule has 0 heteroatoms. The van der Waals surface area contributed by atoms with Gasteiger partial charge in [-0.1, -0.05) is 46.8 Å². The van der Waals surface area contributed by atoms with Crippen molar-refractivity contribution in [1.82, 2.24) is 0 Å². The van der Waals surface area contributed by atoms with Crippen molar-refractivity contribution in [2.24, 2.45) is 29.1 Å². The Labute approximate surface area is 83.4 Å². The van der Waals surface area contributed by atoms with Crippen LogP contribution in [-0.2, 0) is 0 Å². The SMILES string of the molecule is C=C(C)C1C(C)C(C)(C)C1C(C)C. The molecule has 3 unspecified atom stereocenters. The van der Waals surface area contributed by atoms with Crippen molar-refractivity contribution in [2.45, 2.75) is 41.5 Å². The first-order valence-electron chi connectivity index (χ1n) is 5.45. The van der Waals surface area contributed by atoms with E-state index < -0.39 is 0 Å².